The summed E-state index contributed by atoms with van der Waals surface area (Å²) >= 11 is 1.48. The van der Waals surface area contributed by atoms with E-state index in [1.54, 1.807) is 24.0 Å². The van der Waals surface area contributed by atoms with Crippen LogP contribution in [0.15, 0.2) is 34.8 Å². The molecule has 0 radical (unpaired) electrons. The average molecular weight is 336 g/mol. The fourth-order valence-electron chi connectivity index (χ4n) is 2.20. The van der Waals surface area contributed by atoms with Gasteiger partial charge in [0, 0.05) is 24.8 Å². The minimum atomic E-state index is -3.69. The molecule has 0 aliphatic carbocycles. The Kier molecular flexibility index (Phi) is 3.65. The van der Waals surface area contributed by atoms with Crippen molar-refractivity contribution in [2.24, 2.45) is 7.05 Å². The molecule has 3 aromatic heterocycles. The van der Waals surface area contributed by atoms with Gasteiger partial charge in [-0.3, -0.25) is 9.40 Å². The van der Waals surface area contributed by atoms with Crippen LogP contribution in [0.25, 0.3) is 10.2 Å². The summed E-state index contributed by atoms with van der Waals surface area (Å²) in [6, 6.07) is 3.49. The number of hydrogen-bond acceptors (Lipinski definition) is 5. The maximum absolute atomic E-state index is 12.6. The summed E-state index contributed by atoms with van der Waals surface area (Å²) in [5, 5.41) is 7.02. The standard InChI is InChI=1S/C14H16N4O2S2/c1-9(2)13-12(8-18(3)16-13)17-22(19,20)11-6-10-4-5-21-14(10)15-7-11/h4-9,17H,1-3H3. The molecule has 0 spiro atoms. The van der Waals surface area contributed by atoms with Crippen LogP contribution in [-0.2, 0) is 17.1 Å². The van der Waals surface area contributed by atoms with Gasteiger partial charge in [-0.05, 0) is 23.4 Å². The Balaban J connectivity index is 1.99. The van der Waals surface area contributed by atoms with Crippen molar-refractivity contribution in [2.75, 3.05) is 4.72 Å². The van der Waals surface area contributed by atoms with E-state index >= 15 is 0 Å². The Morgan fingerprint density at radius 1 is 1.36 bits per heavy atom. The molecule has 0 aliphatic heterocycles. The van der Waals surface area contributed by atoms with Crippen LogP contribution in [-0.4, -0.2) is 23.2 Å². The largest absolute Gasteiger partial charge is 0.276 e. The van der Waals surface area contributed by atoms with Gasteiger partial charge in [0.05, 0.1) is 11.4 Å². The topological polar surface area (TPSA) is 76.9 Å². The number of anilines is 1. The molecule has 116 valence electrons. The van der Waals surface area contributed by atoms with Crippen molar-refractivity contribution < 1.29 is 8.42 Å². The normalized spacial score (nSPS) is 12.2. The third-order valence-electron chi connectivity index (χ3n) is 3.24. The van der Waals surface area contributed by atoms with Crippen molar-refractivity contribution in [3.8, 4) is 0 Å². The Morgan fingerprint density at radius 2 is 2.14 bits per heavy atom. The van der Waals surface area contributed by atoms with Gasteiger partial charge in [-0.2, -0.15) is 5.10 Å². The van der Waals surface area contributed by atoms with Gasteiger partial charge in [0.2, 0.25) is 0 Å². The summed E-state index contributed by atoms with van der Waals surface area (Å²) < 4.78 is 29.4. The van der Waals surface area contributed by atoms with E-state index in [1.165, 1.54) is 17.5 Å². The van der Waals surface area contributed by atoms with Gasteiger partial charge in [0.25, 0.3) is 10.0 Å². The molecule has 0 unspecified atom stereocenters. The van der Waals surface area contributed by atoms with Crippen molar-refractivity contribution >= 4 is 37.3 Å². The molecule has 0 bridgehead atoms. The molecule has 0 saturated heterocycles. The van der Waals surface area contributed by atoms with E-state index in [0.717, 1.165) is 15.9 Å². The predicted molar refractivity (Wildman–Crippen MR) is 87.7 cm³/mol. The third-order valence-corrected chi connectivity index (χ3v) is 5.41. The summed E-state index contributed by atoms with van der Waals surface area (Å²) in [7, 11) is -1.92. The minimum Gasteiger partial charge on any atom is -0.276 e. The number of sulfonamides is 1. The molecule has 0 aromatic carbocycles. The molecule has 6 nitrogen and oxygen atoms in total. The van der Waals surface area contributed by atoms with Crippen molar-refractivity contribution in [3.63, 3.8) is 0 Å². The summed E-state index contributed by atoms with van der Waals surface area (Å²) in [4.78, 5) is 5.16. The number of pyridine rings is 1. The van der Waals surface area contributed by atoms with E-state index in [4.69, 9.17) is 0 Å². The third kappa shape index (κ3) is 2.71. The first-order valence-electron chi connectivity index (χ1n) is 6.76. The number of rotatable bonds is 4. The first kappa shape index (κ1) is 15.0. The van der Waals surface area contributed by atoms with Crippen LogP contribution in [0.2, 0.25) is 0 Å². The van der Waals surface area contributed by atoms with E-state index in [2.05, 4.69) is 14.8 Å². The second-order valence-corrected chi connectivity index (χ2v) is 7.92. The lowest BCUT2D eigenvalue weighted by molar-refractivity contribution is 0.601. The molecule has 3 heterocycles. The number of hydrogen-bond donors (Lipinski definition) is 1. The van der Waals surface area contributed by atoms with Gasteiger partial charge in [-0.25, -0.2) is 13.4 Å². The zero-order valence-electron chi connectivity index (χ0n) is 12.4. The molecular weight excluding hydrogens is 320 g/mol. The fraction of sp³-hybridized carbons (Fsp3) is 0.286. The molecule has 0 saturated carbocycles. The van der Waals surface area contributed by atoms with E-state index in [9.17, 15) is 8.42 Å². The summed E-state index contributed by atoms with van der Waals surface area (Å²) in [5.74, 6) is 0.122. The quantitative estimate of drug-likeness (QED) is 0.794. The van der Waals surface area contributed by atoms with Crippen LogP contribution in [0, 0.1) is 0 Å². The van der Waals surface area contributed by atoms with E-state index in [1.807, 2.05) is 25.3 Å². The van der Waals surface area contributed by atoms with E-state index < -0.39 is 10.0 Å². The van der Waals surface area contributed by atoms with Gasteiger partial charge < -0.3 is 0 Å². The molecular formula is C14H16N4O2S2. The van der Waals surface area contributed by atoms with Gasteiger partial charge in [0.15, 0.2) is 0 Å². The molecule has 3 rings (SSSR count). The lowest BCUT2D eigenvalue weighted by atomic mass is 10.1. The number of nitrogens with one attached hydrogen (secondary N) is 1. The molecule has 3 aromatic rings. The maximum Gasteiger partial charge on any atom is 0.263 e. The first-order chi connectivity index (χ1) is 10.4. The molecule has 0 amide bonds. The maximum atomic E-state index is 12.6. The van der Waals surface area contributed by atoms with Crippen LogP contribution in [0.4, 0.5) is 5.69 Å². The number of aromatic nitrogens is 3. The fourth-order valence-corrected chi connectivity index (χ4v) is 3.96. The predicted octanol–water partition coefficient (Wildman–Crippen LogP) is 2.95. The van der Waals surface area contributed by atoms with Crippen LogP contribution in [0.1, 0.15) is 25.5 Å². The number of fused-ring (bicyclic) bond motifs is 1. The highest BCUT2D eigenvalue weighted by atomic mass is 32.2. The van der Waals surface area contributed by atoms with Crippen LogP contribution in [0.3, 0.4) is 0 Å². The highest BCUT2D eigenvalue weighted by Crippen LogP contribution is 2.26. The molecule has 22 heavy (non-hydrogen) atoms. The van der Waals surface area contributed by atoms with Gasteiger partial charge in [-0.15, -0.1) is 11.3 Å². The highest BCUT2D eigenvalue weighted by molar-refractivity contribution is 7.92. The molecule has 0 atom stereocenters. The SMILES string of the molecule is CC(C)c1nn(C)cc1NS(=O)(=O)c1cnc2sccc2c1. The summed E-state index contributed by atoms with van der Waals surface area (Å²) in [6.07, 6.45) is 3.05. The molecule has 1 N–H and O–H groups in total. The van der Waals surface area contributed by atoms with Crippen molar-refractivity contribution in [2.45, 2.75) is 24.7 Å². The summed E-state index contributed by atoms with van der Waals surface area (Å²) in [6.45, 7) is 3.94. The van der Waals surface area contributed by atoms with Gasteiger partial charge >= 0.3 is 0 Å². The Labute approximate surface area is 132 Å². The summed E-state index contributed by atoms with van der Waals surface area (Å²) in [5.41, 5.74) is 1.22. The second kappa shape index (κ2) is 5.36. The van der Waals surface area contributed by atoms with Crippen LogP contribution < -0.4 is 4.72 Å². The molecule has 8 heteroatoms. The smallest absolute Gasteiger partial charge is 0.263 e. The number of thiophene rings is 1. The van der Waals surface area contributed by atoms with Crippen molar-refractivity contribution in [1.82, 2.24) is 14.8 Å². The monoisotopic (exact) mass is 336 g/mol. The van der Waals surface area contributed by atoms with Crippen molar-refractivity contribution in [1.29, 1.82) is 0 Å². The minimum absolute atomic E-state index is 0.122. The highest BCUT2D eigenvalue weighted by Gasteiger charge is 2.20. The van der Waals surface area contributed by atoms with Crippen LogP contribution >= 0.6 is 11.3 Å². The van der Waals surface area contributed by atoms with Crippen LogP contribution in [0.5, 0.6) is 0 Å². The zero-order chi connectivity index (χ0) is 15.9. The molecule has 0 aliphatic rings. The Hall–Kier alpha value is -1.93. The van der Waals surface area contributed by atoms with Gasteiger partial charge in [0.1, 0.15) is 9.73 Å². The Morgan fingerprint density at radius 3 is 2.86 bits per heavy atom. The van der Waals surface area contributed by atoms with Crippen molar-refractivity contribution in [3.05, 3.63) is 35.6 Å². The number of nitrogens with zero attached hydrogens (tertiary/aromatic N) is 3. The van der Waals surface area contributed by atoms with E-state index in [0.29, 0.717) is 5.69 Å². The lowest BCUT2D eigenvalue weighted by Gasteiger charge is -2.09. The first-order valence-corrected chi connectivity index (χ1v) is 9.13. The Bertz CT molecular complexity index is 925. The van der Waals surface area contributed by atoms with E-state index in [-0.39, 0.29) is 10.8 Å². The van der Waals surface area contributed by atoms with Gasteiger partial charge in [-0.1, -0.05) is 13.8 Å². The lowest BCUT2D eigenvalue weighted by Crippen LogP contribution is -2.14. The second-order valence-electron chi connectivity index (χ2n) is 5.35. The molecule has 0 fully saturated rings. The average Bonchev–Trinajstić information content (AvgIpc) is 3.03. The zero-order valence-corrected chi connectivity index (χ0v) is 14.1. The number of aryl methyl sites for hydroxylation is 1.